The second kappa shape index (κ2) is 10.7. The molecule has 0 amide bonds. The number of nitrogens with two attached hydrogens (primary N) is 1. The molecule has 0 aliphatic carbocycles. The summed E-state index contributed by atoms with van der Waals surface area (Å²) in [5, 5.41) is 3.12. The molecule has 0 spiro atoms. The molecule has 2 rings (SSSR count). The number of hydrogen-bond donors (Lipinski definition) is 2. The zero-order valence-corrected chi connectivity index (χ0v) is 16.6. The van der Waals surface area contributed by atoms with Crippen LogP contribution in [0.5, 0.6) is 0 Å². The Hall–Kier alpha value is -1.05. The van der Waals surface area contributed by atoms with E-state index in [4.69, 9.17) is 5.73 Å². The largest absolute Gasteiger partial charge is 0.370 e. The van der Waals surface area contributed by atoms with Gasteiger partial charge in [-0.05, 0) is 30.4 Å². The molecule has 1 aliphatic rings. The minimum Gasteiger partial charge on any atom is -0.370 e. The zero-order valence-electron chi connectivity index (χ0n) is 14.3. The van der Waals surface area contributed by atoms with E-state index in [2.05, 4.69) is 46.2 Å². The highest BCUT2D eigenvalue weighted by Crippen LogP contribution is 2.17. The minimum absolute atomic E-state index is 0. The first kappa shape index (κ1) is 20.0. The molecule has 1 saturated heterocycles. The molecule has 130 valence electrons. The third kappa shape index (κ3) is 7.37. The summed E-state index contributed by atoms with van der Waals surface area (Å²) in [6.07, 6.45) is 7.13. The monoisotopic (exact) mass is 431 g/mol. The van der Waals surface area contributed by atoms with Crippen molar-refractivity contribution < 1.29 is 0 Å². The Labute approximate surface area is 157 Å². The van der Waals surface area contributed by atoms with Crippen LogP contribution < -0.4 is 16.0 Å². The first-order chi connectivity index (χ1) is 10.6. The maximum absolute atomic E-state index is 5.84. The molecular weight excluding hydrogens is 401 g/mol. The standard InChI is InChI=1S/C17H29N5.HI/c1-14(2)11-20-17(18)21-13-15-7-8-16(19-12-15)22-9-5-3-4-6-10-22;/h7-8,12,14H,3-6,9-11,13H2,1-2H3,(H3,18,20,21);1H. The Morgan fingerprint density at radius 2 is 1.96 bits per heavy atom. The summed E-state index contributed by atoms with van der Waals surface area (Å²) >= 11 is 0. The van der Waals surface area contributed by atoms with Crippen LogP contribution in [0.1, 0.15) is 45.1 Å². The predicted molar refractivity (Wildman–Crippen MR) is 109 cm³/mol. The van der Waals surface area contributed by atoms with E-state index in [1.165, 1.54) is 25.7 Å². The van der Waals surface area contributed by atoms with Gasteiger partial charge in [-0.25, -0.2) is 9.98 Å². The molecule has 2 heterocycles. The Kier molecular flexibility index (Phi) is 9.28. The van der Waals surface area contributed by atoms with Crippen LogP contribution in [0.2, 0.25) is 0 Å². The van der Waals surface area contributed by atoms with E-state index in [-0.39, 0.29) is 24.0 Å². The summed E-state index contributed by atoms with van der Waals surface area (Å²) in [6, 6.07) is 4.21. The molecule has 6 heteroatoms. The number of hydrogen-bond acceptors (Lipinski definition) is 3. The number of halogens is 1. The van der Waals surface area contributed by atoms with E-state index in [0.29, 0.717) is 18.4 Å². The fourth-order valence-electron chi connectivity index (χ4n) is 2.54. The lowest BCUT2D eigenvalue weighted by Gasteiger charge is -2.21. The maximum atomic E-state index is 5.84. The number of aliphatic imine (C=N–C) groups is 1. The Balaban J connectivity index is 0.00000264. The fourth-order valence-corrected chi connectivity index (χ4v) is 2.54. The van der Waals surface area contributed by atoms with Crippen molar-refractivity contribution in [3.05, 3.63) is 23.9 Å². The quantitative estimate of drug-likeness (QED) is 0.427. The van der Waals surface area contributed by atoms with Crippen molar-refractivity contribution >= 4 is 35.8 Å². The van der Waals surface area contributed by atoms with Gasteiger partial charge in [0, 0.05) is 25.8 Å². The van der Waals surface area contributed by atoms with Gasteiger partial charge in [-0.2, -0.15) is 0 Å². The highest BCUT2D eigenvalue weighted by atomic mass is 127. The number of pyridine rings is 1. The summed E-state index contributed by atoms with van der Waals surface area (Å²) in [4.78, 5) is 11.3. The molecule has 23 heavy (non-hydrogen) atoms. The lowest BCUT2D eigenvalue weighted by Crippen LogP contribution is -2.34. The average molecular weight is 431 g/mol. The molecule has 5 nitrogen and oxygen atoms in total. The van der Waals surface area contributed by atoms with Crippen molar-refractivity contribution in [1.82, 2.24) is 10.3 Å². The molecule has 0 radical (unpaired) electrons. The van der Waals surface area contributed by atoms with E-state index in [0.717, 1.165) is 31.0 Å². The normalized spacial score (nSPS) is 16.0. The van der Waals surface area contributed by atoms with Crippen molar-refractivity contribution in [2.75, 3.05) is 24.5 Å². The topological polar surface area (TPSA) is 66.5 Å². The molecule has 1 aromatic heterocycles. The lowest BCUT2D eigenvalue weighted by atomic mass is 10.2. The number of rotatable bonds is 5. The summed E-state index contributed by atoms with van der Waals surface area (Å²) in [5.41, 5.74) is 6.93. The maximum Gasteiger partial charge on any atom is 0.188 e. The van der Waals surface area contributed by atoms with Crippen molar-refractivity contribution in [1.29, 1.82) is 0 Å². The molecule has 1 aromatic rings. The van der Waals surface area contributed by atoms with Crippen LogP contribution in [0.3, 0.4) is 0 Å². The van der Waals surface area contributed by atoms with Gasteiger partial charge >= 0.3 is 0 Å². The van der Waals surface area contributed by atoms with Gasteiger partial charge < -0.3 is 16.0 Å². The molecule has 1 aliphatic heterocycles. The van der Waals surface area contributed by atoms with Crippen LogP contribution in [0.4, 0.5) is 5.82 Å². The predicted octanol–water partition coefficient (Wildman–Crippen LogP) is 3.14. The molecule has 0 unspecified atom stereocenters. The number of guanidine groups is 1. The first-order valence-electron chi connectivity index (χ1n) is 8.39. The molecule has 0 aromatic carbocycles. The van der Waals surface area contributed by atoms with E-state index >= 15 is 0 Å². The highest BCUT2D eigenvalue weighted by Gasteiger charge is 2.10. The van der Waals surface area contributed by atoms with Gasteiger partial charge in [-0.1, -0.05) is 32.8 Å². The third-order valence-corrected chi connectivity index (χ3v) is 3.86. The molecule has 0 saturated carbocycles. The summed E-state index contributed by atoms with van der Waals surface area (Å²) in [5.74, 6) is 2.15. The van der Waals surface area contributed by atoms with Gasteiger partial charge in [-0.3, -0.25) is 0 Å². The van der Waals surface area contributed by atoms with Gasteiger partial charge in [0.1, 0.15) is 5.82 Å². The number of nitrogens with zero attached hydrogens (tertiary/aromatic N) is 3. The van der Waals surface area contributed by atoms with Crippen molar-refractivity contribution in [2.45, 2.75) is 46.1 Å². The SMILES string of the molecule is CC(C)CNC(N)=NCc1ccc(N2CCCCCC2)nc1.I. The van der Waals surface area contributed by atoms with Gasteiger partial charge in [0.25, 0.3) is 0 Å². The first-order valence-corrected chi connectivity index (χ1v) is 8.39. The Morgan fingerprint density at radius 3 is 2.52 bits per heavy atom. The second-order valence-corrected chi connectivity index (χ2v) is 6.40. The van der Waals surface area contributed by atoms with Crippen LogP contribution in [0.25, 0.3) is 0 Å². The van der Waals surface area contributed by atoms with Gasteiger partial charge in [0.15, 0.2) is 5.96 Å². The van der Waals surface area contributed by atoms with Crippen LogP contribution in [-0.4, -0.2) is 30.6 Å². The zero-order chi connectivity index (χ0) is 15.8. The minimum atomic E-state index is 0. The average Bonchev–Trinajstić information content (AvgIpc) is 2.80. The van der Waals surface area contributed by atoms with Crippen molar-refractivity contribution in [3.63, 3.8) is 0 Å². The number of nitrogens with one attached hydrogen (secondary N) is 1. The number of anilines is 1. The lowest BCUT2D eigenvalue weighted by molar-refractivity contribution is 0.622. The smallest absolute Gasteiger partial charge is 0.188 e. The molecule has 0 atom stereocenters. The number of aromatic nitrogens is 1. The van der Waals surface area contributed by atoms with E-state index < -0.39 is 0 Å². The summed E-state index contributed by atoms with van der Waals surface area (Å²) < 4.78 is 0. The molecule has 1 fully saturated rings. The van der Waals surface area contributed by atoms with Gasteiger partial charge in [0.05, 0.1) is 6.54 Å². The Morgan fingerprint density at radius 1 is 1.26 bits per heavy atom. The van der Waals surface area contributed by atoms with Crippen LogP contribution in [-0.2, 0) is 6.54 Å². The Bertz CT molecular complexity index is 464. The van der Waals surface area contributed by atoms with Crippen LogP contribution in [0, 0.1) is 5.92 Å². The van der Waals surface area contributed by atoms with Gasteiger partial charge in [0.2, 0.25) is 0 Å². The molecule has 3 N–H and O–H groups in total. The van der Waals surface area contributed by atoms with Crippen molar-refractivity contribution in [2.24, 2.45) is 16.6 Å². The summed E-state index contributed by atoms with van der Waals surface area (Å²) in [6.45, 7) is 7.95. The van der Waals surface area contributed by atoms with Crippen LogP contribution >= 0.6 is 24.0 Å². The van der Waals surface area contributed by atoms with E-state index in [1.807, 2.05) is 6.20 Å². The van der Waals surface area contributed by atoms with Crippen LogP contribution in [0.15, 0.2) is 23.3 Å². The third-order valence-electron chi connectivity index (χ3n) is 3.86. The van der Waals surface area contributed by atoms with Crippen molar-refractivity contribution in [3.8, 4) is 0 Å². The fraction of sp³-hybridized carbons (Fsp3) is 0.647. The van der Waals surface area contributed by atoms with Gasteiger partial charge in [-0.15, -0.1) is 24.0 Å². The molecule has 0 bridgehead atoms. The molecular formula is C17H30IN5. The second-order valence-electron chi connectivity index (χ2n) is 6.40. The summed E-state index contributed by atoms with van der Waals surface area (Å²) in [7, 11) is 0. The van der Waals surface area contributed by atoms with E-state index in [9.17, 15) is 0 Å². The highest BCUT2D eigenvalue weighted by molar-refractivity contribution is 14.0. The van der Waals surface area contributed by atoms with E-state index in [1.54, 1.807) is 0 Å².